The van der Waals surface area contributed by atoms with E-state index >= 15 is 0 Å². The molecule has 5 rings (SSSR count). The zero-order valence-corrected chi connectivity index (χ0v) is 20.0. The molecule has 7 nitrogen and oxygen atoms in total. The van der Waals surface area contributed by atoms with Crippen LogP contribution in [0.5, 0.6) is 0 Å². The van der Waals surface area contributed by atoms with Crippen LogP contribution in [-0.2, 0) is 14.3 Å². The average molecular weight is 477 g/mol. The molecule has 1 atom stereocenters. The van der Waals surface area contributed by atoms with E-state index in [2.05, 4.69) is 34.9 Å². The summed E-state index contributed by atoms with van der Waals surface area (Å²) in [4.78, 5) is 37.1. The highest BCUT2D eigenvalue weighted by molar-refractivity contribution is 5.91. The highest BCUT2D eigenvalue weighted by Crippen LogP contribution is 2.60. The van der Waals surface area contributed by atoms with Crippen LogP contribution in [0.25, 0.3) is 11.1 Å². The lowest BCUT2D eigenvalue weighted by atomic mass is 9.48. The van der Waals surface area contributed by atoms with Crippen LogP contribution in [0.3, 0.4) is 0 Å². The number of hydrogen-bond donors (Lipinski definition) is 3. The Morgan fingerprint density at radius 2 is 1.63 bits per heavy atom. The fraction of sp³-hybridized carbons (Fsp3) is 0.464. The van der Waals surface area contributed by atoms with Crippen LogP contribution < -0.4 is 10.6 Å². The van der Waals surface area contributed by atoms with Gasteiger partial charge in [-0.15, -0.1) is 0 Å². The molecule has 35 heavy (non-hydrogen) atoms. The molecule has 0 bridgehead atoms. The van der Waals surface area contributed by atoms with E-state index in [1.807, 2.05) is 24.3 Å². The summed E-state index contributed by atoms with van der Waals surface area (Å²) in [6.45, 7) is 2.07. The SMILES string of the molecule is CC(CCNC(=O)C1(NC(=O)OCC2c3ccccc3-c3ccccc32)CC2(CCC2)C1)C(=O)O. The van der Waals surface area contributed by atoms with Gasteiger partial charge in [-0.05, 0) is 59.8 Å². The van der Waals surface area contributed by atoms with Gasteiger partial charge in [-0.1, -0.05) is 61.9 Å². The molecule has 0 aromatic heterocycles. The Balaban J connectivity index is 1.23. The van der Waals surface area contributed by atoms with Gasteiger partial charge in [0.2, 0.25) is 5.91 Å². The summed E-state index contributed by atoms with van der Waals surface area (Å²) in [5.41, 5.74) is 3.75. The third-order valence-corrected chi connectivity index (χ3v) is 8.17. The number of fused-ring (bicyclic) bond motifs is 3. The number of benzene rings is 2. The number of carboxylic acids is 1. The van der Waals surface area contributed by atoms with Crippen molar-refractivity contribution in [2.24, 2.45) is 11.3 Å². The topological polar surface area (TPSA) is 105 Å². The second-order valence-electron chi connectivity index (χ2n) is 10.5. The number of alkyl carbamates (subject to hydrolysis) is 1. The first kappa shape index (κ1) is 23.4. The van der Waals surface area contributed by atoms with Gasteiger partial charge in [0.1, 0.15) is 12.1 Å². The van der Waals surface area contributed by atoms with Crippen molar-refractivity contribution in [2.75, 3.05) is 13.2 Å². The van der Waals surface area contributed by atoms with Gasteiger partial charge in [-0.25, -0.2) is 4.79 Å². The van der Waals surface area contributed by atoms with Crippen LogP contribution in [0.2, 0.25) is 0 Å². The number of carbonyl (C=O) groups is 3. The molecular weight excluding hydrogens is 444 g/mol. The quantitative estimate of drug-likeness (QED) is 0.522. The van der Waals surface area contributed by atoms with Gasteiger partial charge in [0.25, 0.3) is 0 Å². The molecule has 1 spiro atoms. The smallest absolute Gasteiger partial charge is 0.408 e. The maximum absolute atomic E-state index is 13.1. The minimum absolute atomic E-state index is 0.0465. The van der Waals surface area contributed by atoms with E-state index in [9.17, 15) is 14.4 Å². The number of amides is 2. The molecule has 184 valence electrons. The highest BCUT2D eigenvalue weighted by Gasteiger charge is 2.61. The first-order chi connectivity index (χ1) is 16.8. The summed E-state index contributed by atoms with van der Waals surface area (Å²) in [5.74, 6) is -1.72. The van der Waals surface area contributed by atoms with E-state index < -0.39 is 23.5 Å². The zero-order chi connectivity index (χ0) is 24.6. The third kappa shape index (κ3) is 4.28. The predicted molar refractivity (Wildman–Crippen MR) is 131 cm³/mol. The summed E-state index contributed by atoms with van der Waals surface area (Å²) in [6.07, 6.45) is 4.26. The predicted octanol–water partition coefficient (Wildman–Crippen LogP) is 4.46. The number of rotatable bonds is 8. The van der Waals surface area contributed by atoms with Crippen LogP contribution in [0.15, 0.2) is 48.5 Å². The van der Waals surface area contributed by atoms with Gasteiger partial charge in [0, 0.05) is 12.5 Å². The molecule has 3 aliphatic carbocycles. The zero-order valence-electron chi connectivity index (χ0n) is 20.0. The van der Waals surface area contributed by atoms with Gasteiger partial charge in [-0.3, -0.25) is 9.59 Å². The molecule has 2 aromatic carbocycles. The van der Waals surface area contributed by atoms with Crippen LogP contribution in [0.4, 0.5) is 4.79 Å². The third-order valence-electron chi connectivity index (χ3n) is 8.17. The molecule has 2 fully saturated rings. The van der Waals surface area contributed by atoms with Crippen molar-refractivity contribution >= 4 is 18.0 Å². The molecule has 2 saturated carbocycles. The molecule has 1 unspecified atom stereocenters. The molecule has 3 N–H and O–H groups in total. The lowest BCUT2D eigenvalue weighted by Gasteiger charge is -2.59. The first-order valence-electron chi connectivity index (χ1n) is 12.5. The lowest BCUT2D eigenvalue weighted by Crippen LogP contribution is -2.70. The second kappa shape index (κ2) is 9.02. The number of carbonyl (C=O) groups excluding carboxylic acids is 2. The van der Waals surface area contributed by atoms with Crippen LogP contribution in [0, 0.1) is 11.3 Å². The maximum Gasteiger partial charge on any atom is 0.408 e. The Morgan fingerprint density at radius 3 is 2.17 bits per heavy atom. The summed E-state index contributed by atoms with van der Waals surface area (Å²) in [6, 6.07) is 16.3. The van der Waals surface area contributed by atoms with E-state index in [0.717, 1.165) is 41.5 Å². The lowest BCUT2D eigenvalue weighted by molar-refractivity contribution is -0.145. The summed E-state index contributed by atoms with van der Waals surface area (Å²) in [7, 11) is 0. The molecular formula is C28H32N2O5. The van der Waals surface area contributed by atoms with E-state index in [-0.39, 0.29) is 30.4 Å². The van der Waals surface area contributed by atoms with Gasteiger partial charge in [0.15, 0.2) is 0 Å². The fourth-order valence-corrected chi connectivity index (χ4v) is 6.09. The highest BCUT2D eigenvalue weighted by atomic mass is 16.5. The van der Waals surface area contributed by atoms with Crippen LogP contribution in [0.1, 0.15) is 62.5 Å². The van der Waals surface area contributed by atoms with Gasteiger partial charge < -0.3 is 20.5 Å². The van der Waals surface area contributed by atoms with Crippen molar-refractivity contribution < 1.29 is 24.2 Å². The number of ether oxygens (including phenoxy) is 1. The summed E-state index contributed by atoms with van der Waals surface area (Å²) >= 11 is 0. The van der Waals surface area contributed by atoms with Crippen molar-refractivity contribution in [3.8, 4) is 11.1 Å². The molecule has 0 aliphatic heterocycles. The molecule has 2 aromatic rings. The monoisotopic (exact) mass is 476 g/mol. The van der Waals surface area contributed by atoms with Crippen molar-refractivity contribution in [2.45, 2.75) is 56.9 Å². The van der Waals surface area contributed by atoms with Crippen molar-refractivity contribution in [3.05, 3.63) is 59.7 Å². The Bertz CT molecular complexity index is 1100. The van der Waals surface area contributed by atoms with Crippen LogP contribution in [-0.4, -0.2) is 41.8 Å². The Labute approximate surface area is 205 Å². The summed E-state index contributed by atoms with van der Waals surface area (Å²) in [5, 5.41) is 14.8. The Hall–Kier alpha value is -3.35. The fourth-order valence-electron chi connectivity index (χ4n) is 6.09. The number of nitrogens with one attached hydrogen (secondary N) is 2. The molecule has 7 heteroatoms. The van der Waals surface area contributed by atoms with Crippen molar-refractivity contribution in [3.63, 3.8) is 0 Å². The van der Waals surface area contributed by atoms with E-state index in [1.165, 1.54) is 0 Å². The number of aliphatic carboxylic acids is 1. The molecule has 0 heterocycles. The minimum Gasteiger partial charge on any atom is -0.481 e. The van der Waals surface area contributed by atoms with Gasteiger partial charge >= 0.3 is 12.1 Å². The normalized spacial score (nSPS) is 19.5. The standard InChI is InChI=1S/C28H32N2O5/c1-18(24(31)32)11-14-29-25(33)28(16-27(17-28)12-6-13-27)30-26(34)35-15-23-21-9-4-2-7-19(21)20-8-3-5-10-22(20)23/h2-5,7-10,18,23H,6,11-17H2,1H3,(H,29,33)(H,30,34)(H,31,32). The van der Waals surface area contributed by atoms with E-state index in [4.69, 9.17) is 9.84 Å². The number of carboxylic acid groups (broad SMARTS) is 1. The minimum atomic E-state index is -0.991. The summed E-state index contributed by atoms with van der Waals surface area (Å²) < 4.78 is 5.71. The van der Waals surface area contributed by atoms with Gasteiger partial charge in [0.05, 0.1) is 5.92 Å². The molecule has 3 aliphatic rings. The molecule has 2 amide bonds. The first-order valence-corrected chi connectivity index (χ1v) is 12.5. The molecule has 0 radical (unpaired) electrons. The molecule has 0 saturated heterocycles. The second-order valence-corrected chi connectivity index (χ2v) is 10.5. The van der Waals surface area contributed by atoms with Gasteiger partial charge in [-0.2, -0.15) is 0 Å². The Kier molecular flexibility index (Phi) is 6.03. The van der Waals surface area contributed by atoms with E-state index in [1.54, 1.807) is 6.92 Å². The number of hydrogen-bond acceptors (Lipinski definition) is 4. The largest absolute Gasteiger partial charge is 0.481 e. The van der Waals surface area contributed by atoms with Crippen molar-refractivity contribution in [1.82, 2.24) is 10.6 Å². The maximum atomic E-state index is 13.1. The van der Waals surface area contributed by atoms with E-state index in [0.29, 0.717) is 19.3 Å². The van der Waals surface area contributed by atoms with Crippen LogP contribution >= 0.6 is 0 Å². The van der Waals surface area contributed by atoms with Crippen molar-refractivity contribution in [1.29, 1.82) is 0 Å². The average Bonchev–Trinajstić information content (AvgIpc) is 3.12. The Morgan fingerprint density at radius 1 is 1.03 bits per heavy atom.